The van der Waals surface area contributed by atoms with Gasteiger partial charge in [0.25, 0.3) is 11.8 Å². The number of amides is 3. The predicted molar refractivity (Wildman–Crippen MR) is 118 cm³/mol. The summed E-state index contributed by atoms with van der Waals surface area (Å²) < 4.78 is 5.60. The number of nitrogens with zero attached hydrogens (tertiary/aromatic N) is 2. The van der Waals surface area contributed by atoms with Gasteiger partial charge in [-0.25, -0.2) is 4.79 Å². The molecule has 1 unspecified atom stereocenters. The summed E-state index contributed by atoms with van der Waals surface area (Å²) in [7, 11) is 0. The van der Waals surface area contributed by atoms with Gasteiger partial charge in [-0.1, -0.05) is 36.4 Å². The Bertz CT molecular complexity index is 998. The fourth-order valence-electron chi connectivity index (χ4n) is 4.35. The van der Waals surface area contributed by atoms with Gasteiger partial charge in [-0.15, -0.1) is 0 Å². The van der Waals surface area contributed by atoms with Crippen LogP contribution < -0.4 is 0 Å². The van der Waals surface area contributed by atoms with Crippen molar-refractivity contribution in [2.45, 2.75) is 51.4 Å². The lowest BCUT2D eigenvalue weighted by Crippen LogP contribution is -2.50. The lowest BCUT2D eigenvalue weighted by Gasteiger charge is -2.33. The van der Waals surface area contributed by atoms with Gasteiger partial charge in [0.1, 0.15) is 5.60 Å². The highest BCUT2D eigenvalue weighted by Gasteiger charge is 2.38. The molecule has 168 valence electrons. The molecule has 3 amide bonds. The van der Waals surface area contributed by atoms with E-state index in [-0.39, 0.29) is 19.1 Å². The summed E-state index contributed by atoms with van der Waals surface area (Å²) in [6, 6.07) is 14.5. The second-order valence-corrected chi connectivity index (χ2v) is 9.38. The summed E-state index contributed by atoms with van der Waals surface area (Å²) in [5.74, 6) is -0.858. The van der Waals surface area contributed by atoms with Gasteiger partial charge in [0, 0.05) is 6.04 Å². The first-order valence-corrected chi connectivity index (χ1v) is 10.8. The topological polar surface area (TPSA) is 87.2 Å². The second-order valence-electron chi connectivity index (χ2n) is 9.38. The summed E-state index contributed by atoms with van der Waals surface area (Å²) in [4.78, 5) is 40.9. The predicted octanol–water partition coefficient (Wildman–Crippen LogP) is 3.05. The molecule has 32 heavy (non-hydrogen) atoms. The number of hydrogen-bond acceptors (Lipinski definition) is 5. The van der Waals surface area contributed by atoms with Crippen molar-refractivity contribution in [3.05, 3.63) is 70.8 Å². The van der Waals surface area contributed by atoms with E-state index in [1.54, 1.807) is 45.0 Å². The second kappa shape index (κ2) is 8.39. The molecule has 4 rings (SSSR count). The Morgan fingerprint density at radius 1 is 1.03 bits per heavy atom. The Hall–Kier alpha value is -3.19. The maximum atomic E-state index is 13.0. The van der Waals surface area contributed by atoms with Crippen LogP contribution in [0, 0.1) is 0 Å². The molecule has 1 aliphatic carbocycles. The largest absolute Gasteiger partial charge is 0.444 e. The van der Waals surface area contributed by atoms with Crippen LogP contribution in [0.4, 0.5) is 4.79 Å². The molecule has 2 aliphatic rings. The van der Waals surface area contributed by atoms with Gasteiger partial charge >= 0.3 is 6.09 Å². The minimum Gasteiger partial charge on any atom is -0.444 e. The first-order chi connectivity index (χ1) is 15.1. The molecule has 1 atom stereocenters. The molecular formula is C25H28N2O5. The molecule has 0 bridgehead atoms. The summed E-state index contributed by atoms with van der Waals surface area (Å²) in [5.41, 5.74) is 2.32. The highest BCUT2D eigenvalue weighted by atomic mass is 16.6. The van der Waals surface area contributed by atoms with Crippen molar-refractivity contribution in [2.24, 2.45) is 0 Å². The number of carbonyl (C=O) groups is 3. The Kier molecular flexibility index (Phi) is 5.77. The quantitative estimate of drug-likeness (QED) is 0.728. The summed E-state index contributed by atoms with van der Waals surface area (Å²) in [6.07, 6.45) is -0.297. The Labute approximate surface area is 187 Å². The molecule has 0 saturated heterocycles. The average Bonchev–Trinajstić information content (AvgIpc) is 3.26. The number of hydrogen-bond donors (Lipinski definition) is 1. The van der Waals surface area contributed by atoms with E-state index in [0.717, 1.165) is 4.90 Å². The zero-order valence-electron chi connectivity index (χ0n) is 18.6. The number of benzene rings is 2. The molecule has 1 N–H and O–H groups in total. The SMILES string of the molecule is CC(C)(C)OC(=O)N(CC(O)CN1C(=O)c2ccccc2C1=O)C1Cc2ccccc2C1. The number of fused-ring (bicyclic) bond motifs is 2. The third kappa shape index (κ3) is 4.39. The van der Waals surface area contributed by atoms with E-state index in [1.807, 2.05) is 24.3 Å². The fraction of sp³-hybridized carbons (Fsp3) is 0.400. The number of ether oxygens (including phenoxy) is 1. The summed E-state index contributed by atoms with van der Waals surface area (Å²) in [5, 5.41) is 10.8. The van der Waals surface area contributed by atoms with E-state index in [0.29, 0.717) is 24.0 Å². The fourth-order valence-corrected chi connectivity index (χ4v) is 4.35. The first-order valence-electron chi connectivity index (χ1n) is 10.8. The third-order valence-electron chi connectivity index (χ3n) is 5.78. The molecular weight excluding hydrogens is 408 g/mol. The number of imide groups is 1. The van der Waals surface area contributed by atoms with Gasteiger partial charge in [-0.2, -0.15) is 0 Å². The van der Waals surface area contributed by atoms with Crippen molar-refractivity contribution in [2.75, 3.05) is 13.1 Å². The molecule has 0 fully saturated rings. The van der Waals surface area contributed by atoms with Gasteiger partial charge < -0.3 is 14.7 Å². The molecule has 7 nitrogen and oxygen atoms in total. The minimum absolute atomic E-state index is 0.0407. The normalized spacial score (nSPS) is 16.7. The molecule has 0 saturated carbocycles. The zero-order valence-corrected chi connectivity index (χ0v) is 18.6. The standard InChI is InChI=1S/C25H28N2O5/c1-25(2,3)32-24(31)26(18-12-16-8-4-5-9-17(16)13-18)14-19(28)15-27-22(29)20-10-6-7-11-21(20)23(27)30/h4-11,18-19,28H,12-15H2,1-3H3. The van der Waals surface area contributed by atoms with Crippen LogP contribution >= 0.6 is 0 Å². The molecule has 2 aromatic rings. The molecule has 0 radical (unpaired) electrons. The average molecular weight is 437 g/mol. The van der Waals surface area contributed by atoms with Gasteiger partial charge in [-0.3, -0.25) is 14.5 Å². The van der Waals surface area contributed by atoms with E-state index in [1.165, 1.54) is 16.0 Å². The van der Waals surface area contributed by atoms with Gasteiger partial charge in [0.15, 0.2) is 0 Å². The van der Waals surface area contributed by atoms with Gasteiger partial charge in [0.05, 0.1) is 30.3 Å². The van der Waals surface area contributed by atoms with Gasteiger partial charge in [0.2, 0.25) is 0 Å². The van der Waals surface area contributed by atoms with Crippen LogP contribution in [0.3, 0.4) is 0 Å². The lowest BCUT2D eigenvalue weighted by atomic mass is 10.1. The summed E-state index contributed by atoms with van der Waals surface area (Å²) >= 11 is 0. The highest BCUT2D eigenvalue weighted by molar-refractivity contribution is 6.21. The van der Waals surface area contributed by atoms with Crippen molar-refractivity contribution in [1.82, 2.24) is 9.80 Å². The van der Waals surface area contributed by atoms with Crippen LogP contribution in [0.1, 0.15) is 52.6 Å². The summed E-state index contributed by atoms with van der Waals surface area (Å²) in [6.45, 7) is 5.15. The molecule has 1 aliphatic heterocycles. The highest BCUT2D eigenvalue weighted by Crippen LogP contribution is 2.28. The van der Waals surface area contributed by atoms with E-state index in [2.05, 4.69) is 0 Å². The maximum absolute atomic E-state index is 13.0. The maximum Gasteiger partial charge on any atom is 0.410 e. The number of aliphatic hydroxyl groups is 1. The molecule has 0 aromatic heterocycles. The molecule has 2 aromatic carbocycles. The number of carbonyl (C=O) groups excluding carboxylic acids is 3. The van der Waals surface area contributed by atoms with Crippen molar-refractivity contribution < 1.29 is 24.2 Å². The van der Waals surface area contributed by atoms with Crippen LogP contribution in [0.5, 0.6) is 0 Å². The van der Waals surface area contributed by atoms with Gasteiger partial charge in [-0.05, 0) is 56.9 Å². The molecule has 0 spiro atoms. The Morgan fingerprint density at radius 3 is 2.03 bits per heavy atom. The van der Waals surface area contributed by atoms with Crippen molar-refractivity contribution in [3.63, 3.8) is 0 Å². The zero-order chi connectivity index (χ0) is 23.0. The van der Waals surface area contributed by atoms with E-state index in [4.69, 9.17) is 4.74 Å². The van der Waals surface area contributed by atoms with Crippen LogP contribution in [0.2, 0.25) is 0 Å². The third-order valence-corrected chi connectivity index (χ3v) is 5.78. The van der Waals surface area contributed by atoms with Crippen molar-refractivity contribution >= 4 is 17.9 Å². The minimum atomic E-state index is -1.10. The molecule has 7 heteroatoms. The van der Waals surface area contributed by atoms with Crippen LogP contribution in [0.25, 0.3) is 0 Å². The Balaban J connectivity index is 1.49. The smallest absolute Gasteiger partial charge is 0.410 e. The monoisotopic (exact) mass is 436 g/mol. The molecule has 1 heterocycles. The van der Waals surface area contributed by atoms with Crippen LogP contribution in [-0.2, 0) is 17.6 Å². The first kappa shape index (κ1) is 22.0. The van der Waals surface area contributed by atoms with E-state index in [9.17, 15) is 19.5 Å². The van der Waals surface area contributed by atoms with Crippen molar-refractivity contribution in [1.29, 1.82) is 0 Å². The number of β-amino-alcohol motifs (C(OH)–C–C–N with tert-alkyl or cyclic N) is 1. The Morgan fingerprint density at radius 2 is 1.53 bits per heavy atom. The van der Waals surface area contributed by atoms with Crippen molar-refractivity contribution in [3.8, 4) is 0 Å². The number of rotatable bonds is 5. The van der Waals surface area contributed by atoms with Crippen LogP contribution in [0.15, 0.2) is 48.5 Å². The van der Waals surface area contributed by atoms with E-state index < -0.39 is 29.6 Å². The lowest BCUT2D eigenvalue weighted by molar-refractivity contribution is 0.00190. The number of aliphatic hydroxyl groups excluding tert-OH is 1. The van der Waals surface area contributed by atoms with Crippen LogP contribution in [-0.4, -0.2) is 63.7 Å². The van der Waals surface area contributed by atoms with E-state index >= 15 is 0 Å².